The van der Waals surface area contributed by atoms with Crippen LogP contribution in [0.4, 0.5) is 5.69 Å². The Balaban J connectivity index is 3.13. The first-order chi connectivity index (χ1) is 8.51. The zero-order valence-corrected chi connectivity index (χ0v) is 9.85. The Morgan fingerprint density at radius 2 is 1.89 bits per heavy atom. The van der Waals surface area contributed by atoms with Crippen molar-refractivity contribution in [2.45, 2.75) is 0 Å². The summed E-state index contributed by atoms with van der Waals surface area (Å²) < 4.78 is 9.19. The van der Waals surface area contributed by atoms with Crippen LogP contribution in [-0.2, 0) is 14.3 Å². The van der Waals surface area contributed by atoms with E-state index in [1.165, 1.54) is 25.3 Å². The predicted octanol–water partition coefficient (Wildman–Crippen LogP) is -0.0944. The van der Waals surface area contributed by atoms with Crippen LogP contribution in [0.2, 0.25) is 0 Å². The third kappa shape index (κ3) is 2.76. The zero-order chi connectivity index (χ0) is 13.7. The second-order valence-electron chi connectivity index (χ2n) is 3.19. The minimum atomic E-state index is -1.08. The summed E-state index contributed by atoms with van der Waals surface area (Å²) in [5.74, 6) is -2.67. The average molecular weight is 252 g/mol. The van der Waals surface area contributed by atoms with Gasteiger partial charge in [0.25, 0.3) is 5.91 Å². The summed E-state index contributed by atoms with van der Waals surface area (Å²) in [6.45, 7) is 0. The predicted molar refractivity (Wildman–Crippen MR) is 62.2 cm³/mol. The monoisotopic (exact) mass is 252 g/mol. The SMILES string of the molecule is COC(=O)C(=O)Nc1cccc(OC)c1C(N)=O. The highest BCUT2D eigenvalue weighted by atomic mass is 16.5. The smallest absolute Gasteiger partial charge is 0.396 e. The number of methoxy groups -OCH3 is 2. The second-order valence-corrected chi connectivity index (χ2v) is 3.19. The van der Waals surface area contributed by atoms with Crippen LogP contribution >= 0.6 is 0 Å². The van der Waals surface area contributed by atoms with Crippen LogP contribution in [0.1, 0.15) is 10.4 Å². The van der Waals surface area contributed by atoms with E-state index in [4.69, 9.17) is 10.5 Å². The number of esters is 1. The van der Waals surface area contributed by atoms with Gasteiger partial charge in [0.15, 0.2) is 0 Å². The topological polar surface area (TPSA) is 108 Å². The van der Waals surface area contributed by atoms with Crippen molar-refractivity contribution in [3.05, 3.63) is 23.8 Å². The van der Waals surface area contributed by atoms with Gasteiger partial charge in [0.2, 0.25) is 0 Å². The van der Waals surface area contributed by atoms with Gasteiger partial charge in [-0.2, -0.15) is 0 Å². The number of amides is 2. The number of anilines is 1. The van der Waals surface area contributed by atoms with E-state index >= 15 is 0 Å². The summed E-state index contributed by atoms with van der Waals surface area (Å²) in [6.07, 6.45) is 0. The molecule has 3 N–H and O–H groups in total. The number of rotatable bonds is 3. The Kier molecular flexibility index (Phi) is 4.25. The molecule has 1 aromatic rings. The van der Waals surface area contributed by atoms with E-state index in [9.17, 15) is 14.4 Å². The molecule has 0 aliphatic heterocycles. The number of benzene rings is 1. The molecule has 18 heavy (non-hydrogen) atoms. The molecule has 0 heterocycles. The fourth-order valence-corrected chi connectivity index (χ4v) is 1.33. The highest BCUT2D eigenvalue weighted by Crippen LogP contribution is 2.25. The number of ether oxygens (including phenoxy) is 2. The van der Waals surface area contributed by atoms with E-state index in [0.29, 0.717) is 0 Å². The molecule has 0 saturated heterocycles. The molecule has 0 unspecified atom stereocenters. The lowest BCUT2D eigenvalue weighted by Crippen LogP contribution is -2.26. The molecule has 0 saturated carbocycles. The van der Waals surface area contributed by atoms with Crippen molar-refractivity contribution >= 4 is 23.5 Å². The molecule has 0 bridgehead atoms. The van der Waals surface area contributed by atoms with Crippen LogP contribution in [0, 0.1) is 0 Å². The molecular formula is C11H12N2O5. The molecule has 2 amide bonds. The Morgan fingerprint density at radius 1 is 1.22 bits per heavy atom. The number of carbonyl (C=O) groups is 3. The Hall–Kier alpha value is -2.57. The summed E-state index contributed by atoms with van der Waals surface area (Å²) in [4.78, 5) is 33.6. The van der Waals surface area contributed by atoms with Crippen LogP contribution in [0.3, 0.4) is 0 Å². The lowest BCUT2D eigenvalue weighted by Gasteiger charge is -2.11. The van der Waals surface area contributed by atoms with Crippen LogP contribution in [0.5, 0.6) is 5.75 Å². The maximum Gasteiger partial charge on any atom is 0.396 e. The van der Waals surface area contributed by atoms with Gasteiger partial charge in [0.05, 0.1) is 19.9 Å². The Labute approximate surface area is 103 Å². The van der Waals surface area contributed by atoms with Crippen molar-refractivity contribution in [2.75, 3.05) is 19.5 Å². The number of primary amides is 1. The Bertz CT molecular complexity index is 498. The highest BCUT2D eigenvalue weighted by Gasteiger charge is 2.19. The van der Waals surface area contributed by atoms with Crippen molar-refractivity contribution in [1.29, 1.82) is 0 Å². The molecule has 0 spiro atoms. The van der Waals surface area contributed by atoms with Crippen molar-refractivity contribution in [3.8, 4) is 5.75 Å². The minimum absolute atomic E-state index is 0.0164. The summed E-state index contributed by atoms with van der Waals surface area (Å²) in [6, 6.07) is 4.47. The molecule has 0 aliphatic rings. The summed E-state index contributed by atoms with van der Waals surface area (Å²) in [7, 11) is 2.43. The highest BCUT2D eigenvalue weighted by molar-refractivity contribution is 6.37. The van der Waals surface area contributed by atoms with Gasteiger partial charge in [-0.15, -0.1) is 0 Å². The summed E-state index contributed by atoms with van der Waals surface area (Å²) in [5, 5.41) is 2.22. The van der Waals surface area contributed by atoms with Gasteiger partial charge >= 0.3 is 11.9 Å². The van der Waals surface area contributed by atoms with Gasteiger partial charge in [-0.3, -0.25) is 9.59 Å². The van der Waals surface area contributed by atoms with Crippen molar-refractivity contribution in [3.63, 3.8) is 0 Å². The maximum absolute atomic E-state index is 11.3. The molecular weight excluding hydrogens is 240 g/mol. The standard InChI is InChI=1S/C11H12N2O5/c1-17-7-5-3-4-6(8(7)9(12)14)13-10(15)11(16)18-2/h3-5H,1-2H3,(H2,12,14)(H,13,15). The van der Waals surface area contributed by atoms with Crippen LogP contribution in [0.25, 0.3) is 0 Å². The zero-order valence-electron chi connectivity index (χ0n) is 9.85. The van der Waals surface area contributed by atoms with Crippen molar-refractivity contribution in [2.24, 2.45) is 5.73 Å². The average Bonchev–Trinajstić information content (AvgIpc) is 2.36. The van der Waals surface area contributed by atoms with Crippen LogP contribution in [0.15, 0.2) is 18.2 Å². The first kappa shape index (κ1) is 13.5. The van der Waals surface area contributed by atoms with E-state index in [0.717, 1.165) is 7.11 Å². The number of hydrogen-bond donors (Lipinski definition) is 2. The molecule has 7 heteroatoms. The number of hydrogen-bond acceptors (Lipinski definition) is 5. The third-order valence-electron chi connectivity index (χ3n) is 2.11. The van der Waals surface area contributed by atoms with Crippen molar-refractivity contribution in [1.82, 2.24) is 0 Å². The fourth-order valence-electron chi connectivity index (χ4n) is 1.33. The molecule has 0 aromatic heterocycles. The molecule has 0 aliphatic carbocycles. The minimum Gasteiger partial charge on any atom is -0.496 e. The number of nitrogens with two attached hydrogens (primary N) is 1. The van der Waals surface area contributed by atoms with Crippen molar-refractivity contribution < 1.29 is 23.9 Å². The lowest BCUT2D eigenvalue weighted by molar-refractivity contribution is -0.150. The summed E-state index contributed by atoms with van der Waals surface area (Å²) in [5.41, 5.74) is 5.25. The van der Waals surface area contributed by atoms with Gasteiger partial charge < -0.3 is 20.5 Å². The summed E-state index contributed by atoms with van der Waals surface area (Å²) >= 11 is 0. The maximum atomic E-state index is 11.3. The van der Waals surface area contributed by atoms with E-state index < -0.39 is 17.8 Å². The normalized spacial score (nSPS) is 9.44. The second kappa shape index (κ2) is 5.67. The number of nitrogens with one attached hydrogen (secondary N) is 1. The van der Waals surface area contributed by atoms with Crippen LogP contribution in [-0.4, -0.2) is 32.0 Å². The first-order valence-corrected chi connectivity index (χ1v) is 4.87. The molecule has 1 rings (SSSR count). The van der Waals surface area contributed by atoms with E-state index in [2.05, 4.69) is 10.1 Å². The molecule has 96 valence electrons. The molecule has 0 radical (unpaired) electrons. The van der Waals surface area contributed by atoms with E-state index in [1.807, 2.05) is 0 Å². The van der Waals surface area contributed by atoms with Gasteiger partial charge in [0.1, 0.15) is 11.3 Å². The van der Waals surface area contributed by atoms with Gasteiger partial charge in [-0.25, -0.2) is 4.79 Å². The fraction of sp³-hybridized carbons (Fsp3) is 0.182. The van der Waals surface area contributed by atoms with Gasteiger partial charge in [0, 0.05) is 0 Å². The quantitative estimate of drug-likeness (QED) is 0.577. The molecule has 1 aromatic carbocycles. The molecule has 7 nitrogen and oxygen atoms in total. The Morgan fingerprint density at radius 3 is 2.39 bits per heavy atom. The van der Waals surface area contributed by atoms with Gasteiger partial charge in [-0.05, 0) is 12.1 Å². The van der Waals surface area contributed by atoms with Gasteiger partial charge in [-0.1, -0.05) is 6.07 Å². The first-order valence-electron chi connectivity index (χ1n) is 4.87. The third-order valence-corrected chi connectivity index (χ3v) is 2.11. The molecule has 0 fully saturated rings. The van der Waals surface area contributed by atoms with E-state index in [1.54, 1.807) is 0 Å². The lowest BCUT2D eigenvalue weighted by atomic mass is 10.1. The largest absolute Gasteiger partial charge is 0.496 e. The molecule has 0 atom stereocenters. The number of carbonyl (C=O) groups excluding carboxylic acids is 3. The van der Waals surface area contributed by atoms with E-state index in [-0.39, 0.29) is 17.0 Å². The van der Waals surface area contributed by atoms with Crippen LogP contribution < -0.4 is 15.8 Å².